The molecular weight excluding hydrogens is 465 g/mol. The number of methoxy groups -OCH3 is 4. The second-order valence-electron chi connectivity index (χ2n) is 6.83. The molecule has 0 saturated carbocycles. The van der Waals surface area contributed by atoms with Crippen LogP contribution in [0.5, 0.6) is 0 Å². The van der Waals surface area contributed by atoms with Crippen molar-refractivity contribution in [1.82, 2.24) is 0 Å². The lowest BCUT2D eigenvalue weighted by molar-refractivity contribution is -0.145. The van der Waals surface area contributed by atoms with Gasteiger partial charge in [-0.2, -0.15) is 0 Å². The zero-order valence-electron chi connectivity index (χ0n) is 18.8. The zero-order chi connectivity index (χ0) is 21.1. The number of ether oxygens (including phenoxy) is 4. The van der Waals surface area contributed by atoms with Gasteiger partial charge >= 0.3 is 0 Å². The molecule has 0 aromatic rings. The van der Waals surface area contributed by atoms with E-state index in [1.807, 2.05) is 41.2 Å². The van der Waals surface area contributed by atoms with Gasteiger partial charge in [-0.05, 0) is 19.7 Å². The Morgan fingerprint density at radius 3 is 1.29 bits per heavy atom. The molecule has 28 heavy (non-hydrogen) atoms. The van der Waals surface area contributed by atoms with Crippen LogP contribution in [0.1, 0.15) is 52.4 Å². The van der Waals surface area contributed by atoms with Crippen molar-refractivity contribution in [2.45, 2.75) is 75.3 Å². The molecular formula is C18H42O4S4Si2. The van der Waals surface area contributed by atoms with E-state index in [4.69, 9.17) is 18.9 Å². The fourth-order valence-electron chi connectivity index (χ4n) is 3.02. The van der Waals surface area contributed by atoms with Crippen LogP contribution in [0.2, 0.25) is 12.1 Å². The first-order valence-corrected chi connectivity index (χ1v) is 18.9. The van der Waals surface area contributed by atoms with Gasteiger partial charge in [-0.3, -0.25) is 0 Å². The topological polar surface area (TPSA) is 36.9 Å². The molecule has 0 N–H and O–H groups in total. The molecule has 0 saturated heterocycles. The Morgan fingerprint density at radius 2 is 1.00 bits per heavy atom. The Hall–Kier alpha value is 1.67. The largest absolute Gasteiger partial charge is 0.358 e. The molecule has 0 fully saturated rings. The molecule has 0 radical (unpaired) electrons. The fraction of sp³-hybridized carbons (Fsp3) is 1.00. The van der Waals surface area contributed by atoms with Crippen LogP contribution < -0.4 is 0 Å². The first kappa shape index (κ1) is 29.7. The number of hydrogen-bond donors (Lipinski definition) is 0. The summed E-state index contributed by atoms with van der Waals surface area (Å²) in [7, 11) is 14.0. The van der Waals surface area contributed by atoms with Crippen LogP contribution in [0.25, 0.3) is 0 Å². The lowest BCUT2D eigenvalue weighted by atomic mass is 10.4. The molecule has 0 aliphatic carbocycles. The van der Waals surface area contributed by atoms with Crippen LogP contribution >= 0.6 is 41.2 Å². The predicted molar refractivity (Wildman–Crippen MR) is 139 cm³/mol. The summed E-state index contributed by atoms with van der Waals surface area (Å²) in [4.78, 5) is 0. The van der Waals surface area contributed by atoms with Crippen molar-refractivity contribution in [2.24, 2.45) is 0 Å². The van der Waals surface area contributed by atoms with Gasteiger partial charge in [0.1, 0.15) is 10.8 Å². The second-order valence-corrected chi connectivity index (χ2v) is 17.6. The second kappa shape index (κ2) is 19.4. The summed E-state index contributed by atoms with van der Waals surface area (Å²) >= 11 is 0. The van der Waals surface area contributed by atoms with E-state index in [9.17, 15) is 0 Å². The van der Waals surface area contributed by atoms with Crippen molar-refractivity contribution in [1.29, 1.82) is 0 Å². The number of hydrogen-bond acceptors (Lipinski definition) is 8. The molecule has 0 atom stereocenters. The standard InChI is InChI=1S/C18H42O4S4Si2/c1-7-9-15-27-17(19-3,20-4)11-13-23-25-26-24-14-12-18(21-5,22-6)28-16-10-8-2/h7-16,27-28H2,1-6H3. The normalized spacial score (nSPS) is 13.5. The molecule has 0 amide bonds. The molecule has 0 heterocycles. The average molecular weight is 507 g/mol. The summed E-state index contributed by atoms with van der Waals surface area (Å²) in [6.07, 6.45) is 7.06. The molecule has 0 unspecified atom stereocenters. The van der Waals surface area contributed by atoms with Crippen molar-refractivity contribution >= 4 is 60.3 Å². The molecule has 4 nitrogen and oxygen atoms in total. The van der Waals surface area contributed by atoms with Gasteiger partial charge in [0.15, 0.2) is 0 Å². The molecule has 0 spiro atoms. The zero-order valence-corrected chi connectivity index (χ0v) is 24.8. The maximum atomic E-state index is 5.76. The Labute approximate surface area is 193 Å². The van der Waals surface area contributed by atoms with E-state index in [2.05, 4.69) is 13.8 Å². The van der Waals surface area contributed by atoms with Crippen molar-refractivity contribution in [3.8, 4) is 0 Å². The van der Waals surface area contributed by atoms with E-state index in [0.717, 1.165) is 24.3 Å². The van der Waals surface area contributed by atoms with Gasteiger partial charge in [-0.25, -0.2) is 0 Å². The Bertz CT molecular complexity index is 318. The van der Waals surface area contributed by atoms with Gasteiger partial charge < -0.3 is 18.9 Å². The smallest absolute Gasteiger partial charge is 0.145 e. The molecule has 10 heteroatoms. The highest BCUT2D eigenvalue weighted by Gasteiger charge is 2.29. The first-order valence-electron chi connectivity index (χ1n) is 10.4. The van der Waals surface area contributed by atoms with Crippen LogP contribution in [0.3, 0.4) is 0 Å². The van der Waals surface area contributed by atoms with E-state index < -0.39 is 0 Å². The highest BCUT2D eigenvalue weighted by Crippen LogP contribution is 2.44. The summed E-state index contributed by atoms with van der Waals surface area (Å²) in [6.45, 7) is 4.49. The third kappa shape index (κ3) is 13.2. The van der Waals surface area contributed by atoms with Crippen molar-refractivity contribution in [3.05, 3.63) is 0 Å². The third-order valence-corrected chi connectivity index (χ3v) is 16.6. The number of unbranched alkanes of at least 4 members (excludes halogenated alkanes) is 2. The van der Waals surface area contributed by atoms with Crippen molar-refractivity contribution in [3.63, 3.8) is 0 Å². The summed E-state index contributed by atoms with van der Waals surface area (Å²) in [5.74, 6) is 2.12. The quantitative estimate of drug-likeness (QED) is 0.0920. The van der Waals surface area contributed by atoms with E-state index in [0.29, 0.717) is 0 Å². The minimum atomic E-state index is -0.374. The number of rotatable bonds is 21. The maximum Gasteiger partial charge on any atom is 0.145 e. The third-order valence-electron chi connectivity index (χ3n) is 5.07. The molecule has 0 aromatic heterocycles. The van der Waals surface area contributed by atoms with Crippen LogP contribution in [0.4, 0.5) is 0 Å². The van der Waals surface area contributed by atoms with E-state index in [1.165, 1.54) is 37.8 Å². The molecule has 0 aliphatic rings. The lowest BCUT2D eigenvalue weighted by Crippen LogP contribution is -2.41. The summed E-state index contributed by atoms with van der Waals surface area (Å²) in [5.41, 5.74) is -0.555. The Morgan fingerprint density at radius 1 is 0.643 bits per heavy atom. The van der Waals surface area contributed by atoms with Crippen LogP contribution in [0.15, 0.2) is 0 Å². The molecule has 0 bridgehead atoms. The van der Waals surface area contributed by atoms with E-state index >= 15 is 0 Å². The summed E-state index contributed by atoms with van der Waals surface area (Å²) < 4.78 is 23.0. The van der Waals surface area contributed by atoms with Crippen molar-refractivity contribution in [2.75, 3.05) is 39.9 Å². The van der Waals surface area contributed by atoms with Crippen LogP contribution in [-0.2, 0) is 18.9 Å². The SMILES string of the molecule is CCCC[SiH2]C(CCSSSSCCC(OC)(OC)[SiH2]CCCC)(OC)OC. The highest BCUT2D eigenvalue weighted by atomic mass is 33.7. The van der Waals surface area contributed by atoms with Crippen LogP contribution in [0, 0.1) is 0 Å². The molecule has 0 aromatic carbocycles. The lowest BCUT2D eigenvalue weighted by Gasteiger charge is -2.31. The van der Waals surface area contributed by atoms with Gasteiger partial charge in [0.05, 0.1) is 19.0 Å². The molecule has 0 rings (SSSR count). The van der Waals surface area contributed by atoms with Gasteiger partial charge in [-0.15, -0.1) is 0 Å². The van der Waals surface area contributed by atoms with Crippen LogP contribution in [-0.4, -0.2) is 69.8 Å². The Balaban J connectivity index is 3.96. The maximum absolute atomic E-state index is 5.76. The van der Waals surface area contributed by atoms with E-state index in [-0.39, 0.29) is 29.9 Å². The molecule has 170 valence electrons. The Kier molecular flexibility index (Phi) is 20.5. The van der Waals surface area contributed by atoms with Gasteiger partial charge in [0.2, 0.25) is 0 Å². The van der Waals surface area contributed by atoms with Gasteiger partial charge in [0, 0.05) is 52.8 Å². The minimum Gasteiger partial charge on any atom is -0.358 e. The first-order chi connectivity index (χ1) is 13.6. The summed E-state index contributed by atoms with van der Waals surface area (Å²) in [5, 5.41) is 0. The molecule has 0 aliphatic heterocycles. The highest BCUT2D eigenvalue weighted by molar-refractivity contribution is 9.26. The predicted octanol–water partition coefficient (Wildman–Crippen LogP) is 5.11. The average Bonchev–Trinajstić information content (AvgIpc) is 2.73. The van der Waals surface area contributed by atoms with E-state index in [1.54, 1.807) is 28.4 Å². The van der Waals surface area contributed by atoms with Gasteiger partial charge in [-0.1, -0.05) is 73.2 Å². The van der Waals surface area contributed by atoms with Crippen molar-refractivity contribution < 1.29 is 18.9 Å². The van der Waals surface area contributed by atoms with Gasteiger partial charge in [0.25, 0.3) is 0 Å². The monoisotopic (exact) mass is 506 g/mol. The fourth-order valence-corrected chi connectivity index (χ4v) is 14.0. The minimum absolute atomic E-state index is 0.278. The summed E-state index contributed by atoms with van der Waals surface area (Å²) in [6, 6.07) is 2.59.